The van der Waals surface area contributed by atoms with Crippen LogP contribution in [-0.4, -0.2) is 42.5 Å². The Morgan fingerprint density at radius 1 is 1.40 bits per heavy atom. The molecule has 2 aromatic rings. The summed E-state index contributed by atoms with van der Waals surface area (Å²) < 4.78 is 24.6. The fraction of sp³-hybridized carbons (Fsp3) is 0.444. The number of benzene rings is 1. The highest BCUT2D eigenvalue weighted by Crippen LogP contribution is 2.30. The van der Waals surface area contributed by atoms with Gasteiger partial charge in [0.2, 0.25) is 11.8 Å². The number of nitrogens with zero attached hydrogens (tertiary/aromatic N) is 1. The summed E-state index contributed by atoms with van der Waals surface area (Å²) in [5.74, 6) is -0.226. The van der Waals surface area contributed by atoms with E-state index in [1.54, 1.807) is 13.0 Å². The molecule has 134 valence electrons. The molecule has 1 N–H and O–H groups in total. The molecule has 1 fully saturated rings. The first-order chi connectivity index (χ1) is 11.9. The van der Waals surface area contributed by atoms with Crippen LogP contribution >= 0.6 is 0 Å². The Hall–Kier alpha value is -2.41. The second-order valence-corrected chi connectivity index (χ2v) is 6.27. The predicted molar refractivity (Wildman–Crippen MR) is 89.5 cm³/mol. The van der Waals surface area contributed by atoms with Gasteiger partial charge in [0.25, 0.3) is 0 Å². The van der Waals surface area contributed by atoms with Crippen molar-refractivity contribution in [2.75, 3.05) is 19.8 Å². The molecule has 0 radical (unpaired) electrons. The molecule has 2 heterocycles. The number of furan rings is 1. The van der Waals surface area contributed by atoms with Gasteiger partial charge in [0.05, 0.1) is 19.3 Å². The Morgan fingerprint density at radius 2 is 2.16 bits per heavy atom. The molecule has 0 saturated carbocycles. The maximum atomic E-state index is 13.4. The van der Waals surface area contributed by atoms with Gasteiger partial charge in [-0.05, 0) is 32.0 Å². The molecule has 1 saturated heterocycles. The molecule has 1 aliphatic heterocycles. The number of amides is 2. The number of morpholine rings is 1. The molecule has 1 aliphatic rings. The SMILES string of the molecule is CC(=O)N1CCOC[C@H]1C(=O)N[C@H](C)c1oc2ccc(F)cc2c1C. The highest BCUT2D eigenvalue weighted by atomic mass is 19.1. The Labute approximate surface area is 144 Å². The first-order valence-corrected chi connectivity index (χ1v) is 8.22. The molecular weight excluding hydrogens is 327 g/mol. The summed E-state index contributed by atoms with van der Waals surface area (Å²) in [5, 5.41) is 3.55. The summed E-state index contributed by atoms with van der Waals surface area (Å²) in [7, 11) is 0. The summed E-state index contributed by atoms with van der Waals surface area (Å²) in [6.07, 6.45) is 0. The van der Waals surface area contributed by atoms with E-state index >= 15 is 0 Å². The minimum atomic E-state index is -0.657. The van der Waals surface area contributed by atoms with Crippen LogP contribution in [0.5, 0.6) is 0 Å². The Kier molecular flexibility index (Phi) is 4.76. The number of ether oxygens (including phenoxy) is 1. The van der Waals surface area contributed by atoms with Crippen molar-refractivity contribution < 1.29 is 23.1 Å². The van der Waals surface area contributed by atoms with Crippen LogP contribution in [0.2, 0.25) is 0 Å². The lowest BCUT2D eigenvalue weighted by Crippen LogP contribution is -2.55. The zero-order valence-corrected chi connectivity index (χ0v) is 14.5. The quantitative estimate of drug-likeness (QED) is 0.924. The van der Waals surface area contributed by atoms with Gasteiger partial charge < -0.3 is 19.4 Å². The number of aryl methyl sites for hydroxylation is 1. The molecule has 1 aromatic carbocycles. The summed E-state index contributed by atoms with van der Waals surface area (Å²) >= 11 is 0. The van der Waals surface area contributed by atoms with Crippen molar-refractivity contribution in [2.24, 2.45) is 0 Å². The third-order valence-corrected chi connectivity index (χ3v) is 4.52. The molecule has 0 spiro atoms. The Bertz CT molecular complexity index is 817. The van der Waals surface area contributed by atoms with Gasteiger partial charge in [-0.2, -0.15) is 0 Å². The van der Waals surface area contributed by atoms with E-state index in [0.717, 1.165) is 5.56 Å². The average Bonchev–Trinajstić information content (AvgIpc) is 2.91. The fourth-order valence-electron chi connectivity index (χ4n) is 3.20. The van der Waals surface area contributed by atoms with E-state index in [2.05, 4.69) is 5.32 Å². The van der Waals surface area contributed by atoms with E-state index in [9.17, 15) is 14.0 Å². The minimum Gasteiger partial charge on any atom is -0.459 e. The minimum absolute atomic E-state index is 0.161. The van der Waals surface area contributed by atoms with Crippen LogP contribution in [0.15, 0.2) is 22.6 Å². The zero-order chi connectivity index (χ0) is 18.1. The third-order valence-electron chi connectivity index (χ3n) is 4.52. The predicted octanol–water partition coefficient (Wildman–Crippen LogP) is 2.30. The second-order valence-electron chi connectivity index (χ2n) is 6.27. The van der Waals surface area contributed by atoms with Crippen molar-refractivity contribution in [3.8, 4) is 0 Å². The highest BCUT2D eigenvalue weighted by molar-refractivity contribution is 5.88. The number of rotatable bonds is 3. The van der Waals surface area contributed by atoms with Crippen LogP contribution < -0.4 is 5.32 Å². The summed E-state index contributed by atoms with van der Waals surface area (Å²) in [4.78, 5) is 25.8. The standard InChI is InChI=1S/C18H21FN2O4/c1-10-14-8-13(19)4-5-16(14)25-17(10)11(2)20-18(23)15-9-24-7-6-21(15)12(3)22/h4-5,8,11,15H,6-7,9H2,1-3H3,(H,20,23)/t11-,15+/m1/s1. The van der Waals surface area contributed by atoms with Crippen LogP contribution in [0, 0.1) is 12.7 Å². The van der Waals surface area contributed by atoms with Crippen LogP contribution in [0.3, 0.4) is 0 Å². The van der Waals surface area contributed by atoms with Crippen molar-refractivity contribution in [1.82, 2.24) is 10.2 Å². The molecule has 2 atom stereocenters. The number of fused-ring (bicyclic) bond motifs is 1. The maximum absolute atomic E-state index is 13.4. The van der Waals surface area contributed by atoms with E-state index in [-0.39, 0.29) is 24.2 Å². The average molecular weight is 348 g/mol. The van der Waals surface area contributed by atoms with Gasteiger partial charge in [-0.1, -0.05) is 0 Å². The molecule has 0 aliphatic carbocycles. The molecular formula is C18H21FN2O4. The van der Waals surface area contributed by atoms with Gasteiger partial charge in [0, 0.05) is 24.4 Å². The monoisotopic (exact) mass is 348 g/mol. The van der Waals surface area contributed by atoms with Crippen LogP contribution in [-0.2, 0) is 14.3 Å². The van der Waals surface area contributed by atoms with Gasteiger partial charge in [-0.15, -0.1) is 0 Å². The first kappa shape index (κ1) is 17.4. The van der Waals surface area contributed by atoms with Crippen molar-refractivity contribution in [1.29, 1.82) is 0 Å². The van der Waals surface area contributed by atoms with Crippen LogP contribution in [0.4, 0.5) is 4.39 Å². The van der Waals surface area contributed by atoms with E-state index in [1.807, 2.05) is 6.92 Å². The van der Waals surface area contributed by atoms with Crippen molar-refractivity contribution in [3.05, 3.63) is 35.3 Å². The molecule has 2 amide bonds. The number of hydrogen-bond donors (Lipinski definition) is 1. The summed E-state index contributed by atoms with van der Waals surface area (Å²) in [5.41, 5.74) is 1.35. The van der Waals surface area contributed by atoms with Crippen LogP contribution in [0.25, 0.3) is 11.0 Å². The lowest BCUT2D eigenvalue weighted by atomic mass is 10.1. The molecule has 7 heteroatoms. The summed E-state index contributed by atoms with van der Waals surface area (Å²) in [6.45, 7) is 6.04. The lowest BCUT2D eigenvalue weighted by Gasteiger charge is -2.34. The molecule has 0 bridgehead atoms. The fourth-order valence-corrected chi connectivity index (χ4v) is 3.20. The number of carbonyl (C=O) groups excluding carboxylic acids is 2. The molecule has 1 aromatic heterocycles. The van der Waals surface area contributed by atoms with Crippen molar-refractivity contribution in [2.45, 2.75) is 32.9 Å². The van der Waals surface area contributed by atoms with Gasteiger partial charge in [0.1, 0.15) is 23.2 Å². The van der Waals surface area contributed by atoms with E-state index in [1.165, 1.54) is 24.0 Å². The van der Waals surface area contributed by atoms with Gasteiger partial charge in [-0.25, -0.2) is 4.39 Å². The normalized spacial score (nSPS) is 19.0. The number of hydrogen-bond acceptors (Lipinski definition) is 4. The molecule has 3 rings (SSSR count). The largest absolute Gasteiger partial charge is 0.459 e. The van der Waals surface area contributed by atoms with Gasteiger partial charge in [-0.3, -0.25) is 9.59 Å². The molecule has 0 unspecified atom stereocenters. The van der Waals surface area contributed by atoms with E-state index in [0.29, 0.717) is 29.9 Å². The highest BCUT2D eigenvalue weighted by Gasteiger charge is 2.32. The first-order valence-electron chi connectivity index (χ1n) is 8.22. The zero-order valence-electron chi connectivity index (χ0n) is 14.5. The van der Waals surface area contributed by atoms with Gasteiger partial charge >= 0.3 is 0 Å². The third kappa shape index (κ3) is 3.37. The molecule has 25 heavy (non-hydrogen) atoms. The number of carbonyl (C=O) groups is 2. The Balaban J connectivity index is 1.79. The van der Waals surface area contributed by atoms with Crippen LogP contribution in [0.1, 0.15) is 31.2 Å². The number of nitrogens with one attached hydrogen (secondary N) is 1. The topological polar surface area (TPSA) is 71.8 Å². The maximum Gasteiger partial charge on any atom is 0.245 e. The van der Waals surface area contributed by atoms with Crippen molar-refractivity contribution in [3.63, 3.8) is 0 Å². The molecule has 6 nitrogen and oxygen atoms in total. The second kappa shape index (κ2) is 6.84. The van der Waals surface area contributed by atoms with E-state index in [4.69, 9.17) is 9.15 Å². The van der Waals surface area contributed by atoms with Gasteiger partial charge in [0.15, 0.2) is 0 Å². The lowest BCUT2D eigenvalue weighted by molar-refractivity contribution is -0.147. The number of halogens is 1. The van der Waals surface area contributed by atoms with Crippen molar-refractivity contribution >= 4 is 22.8 Å². The smallest absolute Gasteiger partial charge is 0.245 e. The Morgan fingerprint density at radius 3 is 2.88 bits per heavy atom. The summed E-state index contributed by atoms with van der Waals surface area (Å²) in [6, 6.07) is 3.25. The van der Waals surface area contributed by atoms with E-state index < -0.39 is 12.1 Å².